The highest BCUT2D eigenvalue weighted by Crippen LogP contribution is 2.32. The Kier molecular flexibility index (Phi) is 7.86. The number of rotatable bonds is 7. The molecule has 0 radical (unpaired) electrons. The third kappa shape index (κ3) is 7.14. The molecule has 0 aliphatic carbocycles. The number of hydrogen-bond donors (Lipinski definition) is 3. The summed E-state index contributed by atoms with van der Waals surface area (Å²) in [4.78, 5) is 25.0. The average molecular weight is 478 g/mol. The van der Waals surface area contributed by atoms with E-state index in [0.29, 0.717) is 34.1 Å². The quantitative estimate of drug-likeness (QED) is 0.367. The molecular formula is C27H31N3O5. The zero-order chi connectivity index (χ0) is 25.6. The maximum atomic E-state index is 13.1. The smallest absolute Gasteiger partial charge is 0.412 e. The van der Waals surface area contributed by atoms with E-state index < -0.39 is 11.7 Å². The Bertz CT molecular complexity index is 1200. The van der Waals surface area contributed by atoms with Crippen LogP contribution in [0.1, 0.15) is 36.7 Å². The summed E-state index contributed by atoms with van der Waals surface area (Å²) in [6.07, 6.45) is -0.542. The number of methoxy groups -OCH3 is 2. The summed E-state index contributed by atoms with van der Waals surface area (Å²) in [7, 11) is 3.15. The second-order valence-corrected chi connectivity index (χ2v) is 8.90. The molecule has 0 saturated carbocycles. The normalized spacial score (nSPS) is 10.8. The highest BCUT2D eigenvalue weighted by molar-refractivity contribution is 6.08. The van der Waals surface area contributed by atoms with E-state index in [1.807, 2.05) is 25.1 Å². The number of nitrogens with one attached hydrogen (secondary N) is 3. The number of amides is 2. The largest absolute Gasteiger partial charge is 0.493 e. The SMILES string of the molecule is COc1ccc(Nc2cc(C)ccc2C(=O)Nc2ccc(NC(=O)OC(C)(C)C)cc2)cc1OC. The van der Waals surface area contributed by atoms with Crippen LogP contribution in [0.2, 0.25) is 0 Å². The summed E-state index contributed by atoms with van der Waals surface area (Å²) in [6, 6.07) is 17.8. The monoisotopic (exact) mass is 477 g/mol. The lowest BCUT2D eigenvalue weighted by atomic mass is 10.1. The molecule has 3 aromatic carbocycles. The molecule has 0 unspecified atom stereocenters. The fraction of sp³-hybridized carbons (Fsp3) is 0.259. The third-order valence-corrected chi connectivity index (χ3v) is 4.87. The summed E-state index contributed by atoms with van der Waals surface area (Å²) >= 11 is 0. The number of carbonyl (C=O) groups excluding carboxylic acids is 2. The zero-order valence-corrected chi connectivity index (χ0v) is 20.8. The maximum Gasteiger partial charge on any atom is 0.412 e. The standard InChI is InChI=1S/C27H31N3O5/c1-17-7-13-21(22(15-17)28-20-12-14-23(33-5)24(16-20)34-6)25(31)29-18-8-10-19(11-9-18)30-26(32)35-27(2,3)4/h7-16,28H,1-6H3,(H,29,31)(H,30,32). The van der Waals surface area contributed by atoms with Crippen LogP contribution in [0.3, 0.4) is 0 Å². The van der Waals surface area contributed by atoms with Crippen LogP contribution in [0.25, 0.3) is 0 Å². The highest BCUT2D eigenvalue weighted by atomic mass is 16.6. The van der Waals surface area contributed by atoms with Crippen LogP contribution in [0, 0.1) is 6.92 Å². The van der Waals surface area contributed by atoms with Gasteiger partial charge in [0.1, 0.15) is 5.60 Å². The molecule has 3 N–H and O–H groups in total. The molecule has 0 aliphatic rings. The van der Waals surface area contributed by atoms with Gasteiger partial charge in [0.05, 0.1) is 25.5 Å². The maximum absolute atomic E-state index is 13.1. The Hall–Kier alpha value is -4.20. The third-order valence-electron chi connectivity index (χ3n) is 4.87. The average Bonchev–Trinajstić information content (AvgIpc) is 2.79. The molecule has 2 amide bonds. The van der Waals surface area contributed by atoms with Crippen molar-refractivity contribution in [3.8, 4) is 11.5 Å². The van der Waals surface area contributed by atoms with Crippen LogP contribution in [-0.4, -0.2) is 31.8 Å². The van der Waals surface area contributed by atoms with Crippen molar-refractivity contribution in [2.24, 2.45) is 0 Å². The Morgan fingerprint density at radius 3 is 1.94 bits per heavy atom. The van der Waals surface area contributed by atoms with Crippen molar-refractivity contribution >= 4 is 34.7 Å². The van der Waals surface area contributed by atoms with Gasteiger partial charge in [0, 0.05) is 23.1 Å². The topological polar surface area (TPSA) is 97.9 Å². The summed E-state index contributed by atoms with van der Waals surface area (Å²) in [5.41, 5.74) is 3.43. The van der Waals surface area contributed by atoms with Crippen molar-refractivity contribution in [2.75, 3.05) is 30.2 Å². The number of benzene rings is 3. The van der Waals surface area contributed by atoms with Gasteiger partial charge in [-0.05, 0) is 81.8 Å². The van der Waals surface area contributed by atoms with Gasteiger partial charge < -0.3 is 24.8 Å². The first-order chi connectivity index (χ1) is 16.6. The minimum absolute atomic E-state index is 0.277. The fourth-order valence-electron chi connectivity index (χ4n) is 3.29. The van der Waals surface area contributed by atoms with Crippen LogP contribution < -0.4 is 25.4 Å². The molecular weight excluding hydrogens is 446 g/mol. The Morgan fingerprint density at radius 2 is 1.34 bits per heavy atom. The van der Waals surface area contributed by atoms with Crippen LogP contribution in [0.4, 0.5) is 27.5 Å². The van der Waals surface area contributed by atoms with Gasteiger partial charge in [0.25, 0.3) is 5.91 Å². The van der Waals surface area contributed by atoms with Gasteiger partial charge in [-0.2, -0.15) is 0 Å². The lowest BCUT2D eigenvalue weighted by Crippen LogP contribution is -2.27. The van der Waals surface area contributed by atoms with E-state index in [1.165, 1.54) is 0 Å². The molecule has 0 aliphatic heterocycles. The van der Waals surface area contributed by atoms with Gasteiger partial charge in [0.15, 0.2) is 11.5 Å². The molecule has 3 aromatic rings. The molecule has 35 heavy (non-hydrogen) atoms. The van der Waals surface area contributed by atoms with E-state index in [-0.39, 0.29) is 5.91 Å². The first kappa shape index (κ1) is 25.4. The number of anilines is 4. The van der Waals surface area contributed by atoms with Gasteiger partial charge in [-0.25, -0.2) is 4.79 Å². The minimum atomic E-state index is -0.589. The molecule has 0 aromatic heterocycles. The number of carbonyl (C=O) groups is 2. The number of hydrogen-bond acceptors (Lipinski definition) is 6. The highest BCUT2D eigenvalue weighted by Gasteiger charge is 2.17. The van der Waals surface area contributed by atoms with E-state index in [9.17, 15) is 9.59 Å². The van der Waals surface area contributed by atoms with E-state index in [2.05, 4.69) is 16.0 Å². The van der Waals surface area contributed by atoms with Gasteiger partial charge in [-0.15, -0.1) is 0 Å². The van der Waals surface area contributed by atoms with Crippen LogP contribution in [-0.2, 0) is 4.74 Å². The summed E-state index contributed by atoms with van der Waals surface area (Å²) < 4.78 is 15.9. The van der Waals surface area contributed by atoms with E-state index in [0.717, 1.165) is 11.3 Å². The van der Waals surface area contributed by atoms with Crippen LogP contribution in [0.5, 0.6) is 11.5 Å². The van der Waals surface area contributed by atoms with Gasteiger partial charge >= 0.3 is 6.09 Å². The lowest BCUT2D eigenvalue weighted by Gasteiger charge is -2.19. The Balaban J connectivity index is 1.74. The van der Waals surface area contributed by atoms with Crippen LogP contribution in [0.15, 0.2) is 60.7 Å². The van der Waals surface area contributed by atoms with E-state index in [1.54, 1.807) is 77.5 Å². The fourth-order valence-corrected chi connectivity index (χ4v) is 3.29. The molecule has 0 spiro atoms. The van der Waals surface area contributed by atoms with Crippen molar-refractivity contribution in [3.63, 3.8) is 0 Å². The predicted octanol–water partition coefficient (Wildman–Crippen LogP) is 6.36. The first-order valence-corrected chi connectivity index (χ1v) is 11.1. The van der Waals surface area contributed by atoms with Crippen molar-refractivity contribution in [1.29, 1.82) is 0 Å². The van der Waals surface area contributed by atoms with E-state index in [4.69, 9.17) is 14.2 Å². The van der Waals surface area contributed by atoms with Crippen molar-refractivity contribution in [1.82, 2.24) is 0 Å². The molecule has 0 atom stereocenters. The molecule has 8 nitrogen and oxygen atoms in total. The van der Waals surface area contributed by atoms with Crippen molar-refractivity contribution in [2.45, 2.75) is 33.3 Å². The van der Waals surface area contributed by atoms with Gasteiger partial charge in [-0.3, -0.25) is 10.1 Å². The number of aryl methyl sites for hydroxylation is 1. The molecule has 0 heterocycles. The van der Waals surface area contributed by atoms with E-state index >= 15 is 0 Å². The van der Waals surface area contributed by atoms with Crippen molar-refractivity contribution < 1.29 is 23.8 Å². The zero-order valence-electron chi connectivity index (χ0n) is 20.8. The second kappa shape index (κ2) is 10.8. The second-order valence-electron chi connectivity index (χ2n) is 8.90. The molecule has 0 bridgehead atoms. The summed E-state index contributed by atoms with van der Waals surface area (Å²) in [5, 5.41) is 8.86. The van der Waals surface area contributed by atoms with Gasteiger partial charge in [0.2, 0.25) is 0 Å². The molecule has 184 valence electrons. The summed E-state index contributed by atoms with van der Waals surface area (Å²) in [6.45, 7) is 7.34. The van der Waals surface area contributed by atoms with Crippen LogP contribution >= 0.6 is 0 Å². The summed E-state index contributed by atoms with van der Waals surface area (Å²) in [5.74, 6) is 0.918. The molecule has 0 saturated heterocycles. The van der Waals surface area contributed by atoms with Crippen molar-refractivity contribution in [3.05, 3.63) is 71.8 Å². The van der Waals surface area contributed by atoms with Gasteiger partial charge in [-0.1, -0.05) is 6.07 Å². The Morgan fingerprint density at radius 1 is 0.743 bits per heavy atom. The molecule has 0 fully saturated rings. The number of ether oxygens (including phenoxy) is 3. The molecule has 3 rings (SSSR count). The lowest BCUT2D eigenvalue weighted by molar-refractivity contribution is 0.0635. The predicted molar refractivity (Wildman–Crippen MR) is 138 cm³/mol. The first-order valence-electron chi connectivity index (χ1n) is 11.1. The molecule has 8 heteroatoms. The minimum Gasteiger partial charge on any atom is -0.493 e. The Labute approximate surface area is 205 Å².